The standard InChI is InChI=1S/C16H10F12O8/c17-13(18,19)3-33-9(29)1-7(11(31)35-5-15(23,24)25)8(12(32)36-6-16(26,27)28)2-10(30)34-4-14(20,21)22/h1-2H,3-6H2. The molecular weight excluding hydrogens is 548 g/mol. The zero-order chi connectivity index (χ0) is 28.5. The molecule has 0 aromatic heterocycles. The molecule has 0 rings (SSSR count). The van der Waals surface area contributed by atoms with Crippen LogP contribution in [0.5, 0.6) is 0 Å². The minimum absolute atomic E-state index is 0.512. The quantitative estimate of drug-likeness (QED) is 0.140. The first kappa shape index (κ1) is 32.5. The Morgan fingerprint density at radius 2 is 0.667 bits per heavy atom. The normalized spacial score (nSPS) is 13.7. The van der Waals surface area contributed by atoms with Gasteiger partial charge >= 0.3 is 48.6 Å². The maximum absolute atomic E-state index is 12.3. The molecule has 206 valence electrons. The highest BCUT2D eigenvalue weighted by molar-refractivity contribution is 6.12. The van der Waals surface area contributed by atoms with E-state index < -0.39 is 98.3 Å². The Morgan fingerprint density at radius 1 is 0.444 bits per heavy atom. The summed E-state index contributed by atoms with van der Waals surface area (Å²) in [6, 6.07) is 0. The minimum Gasteiger partial charge on any atom is -0.453 e. The molecule has 0 amide bonds. The Bertz CT molecular complexity index is 806. The number of rotatable bonds is 9. The molecule has 0 spiro atoms. The van der Waals surface area contributed by atoms with Gasteiger partial charge < -0.3 is 18.9 Å². The fraction of sp³-hybridized carbons (Fsp3) is 0.500. The van der Waals surface area contributed by atoms with Crippen LogP contribution in [0, 0.1) is 0 Å². The third kappa shape index (κ3) is 16.2. The lowest BCUT2D eigenvalue weighted by atomic mass is 10.1. The maximum atomic E-state index is 12.3. The lowest BCUT2D eigenvalue weighted by Crippen LogP contribution is -2.27. The van der Waals surface area contributed by atoms with Gasteiger partial charge in [0.25, 0.3) is 0 Å². The Kier molecular flexibility index (Phi) is 11.3. The van der Waals surface area contributed by atoms with Crippen LogP contribution in [0.2, 0.25) is 0 Å². The van der Waals surface area contributed by atoms with Crippen molar-refractivity contribution in [3.05, 3.63) is 23.3 Å². The first-order chi connectivity index (χ1) is 16.0. The predicted octanol–water partition coefficient (Wildman–Crippen LogP) is 3.26. The van der Waals surface area contributed by atoms with E-state index >= 15 is 0 Å². The average molecular weight is 558 g/mol. The molecule has 0 heterocycles. The molecule has 36 heavy (non-hydrogen) atoms. The van der Waals surface area contributed by atoms with Crippen LogP contribution in [0.1, 0.15) is 0 Å². The number of ether oxygens (including phenoxy) is 4. The van der Waals surface area contributed by atoms with Crippen molar-refractivity contribution >= 4 is 23.9 Å². The third-order valence-corrected chi connectivity index (χ3v) is 2.74. The number of carbonyl (C=O) groups is 4. The van der Waals surface area contributed by atoms with Crippen LogP contribution in [-0.2, 0) is 38.1 Å². The summed E-state index contributed by atoms with van der Waals surface area (Å²) in [7, 11) is 0. The topological polar surface area (TPSA) is 105 Å². The van der Waals surface area contributed by atoms with Gasteiger partial charge in [-0.15, -0.1) is 0 Å². The van der Waals surface area contributed by atoms with Crippen molar-refractivity contribution in [2.45, 2.75) is 24.7 Å². The zero-order valence-electron chi connectivity index (χ0n) is 16.8. The van der Waals surface area contributed by atoms with Crippen molar-refractivity contribution in [1.29, 1.82) is 0 Å². The smallest absolute Gasteiger partial charge is 0.422 e. The van der Waals surface area contributed by atoms with Crippen molar-refractivity contribution in [2.75, 3.05) is 26.4 Å². The van der Waals surface area contributed by atoms with Gasteiger partial charge in [-0.25, -0.2) is 19.2 Å². The van der Waals surface area contributed by atoms with Crippen molar-refractivity contribution in [2.24, 2.45) is 0 Å². The van der Waals surface area contributed by atoms with Crippen LogP contribution in [0.4, 0.5) is 52.7 Å². The lowest BCUT2D eigenvalue weighted by Gasteiger charge is -2.14. The molecule has 0 bridgehead atoms. The summed E-state index contributed by atoms with van der Waals surface area (Å²) in [4.78, 5) is 47.0. The molecule has 0 aliphatic heterocycles. The fourth-order valence-corrected chi connectivity index (χ4v) is 1.57. The van der Waals surface area contributed by atoms with Crippen molar-refractivity contribution < 1.29 is 90.8 Å². The number of carbonyl (C=O) groups excluding carboxylic acids is 4. The van der Waals surface area contributed by atoms with Crippen LogP contribution >= 0.6 is 0 Å². The zero-order valence-corrected chi connectivity index (χ0v) is 16.8. The predicted molar refractivity (Wildman–Crippen MR) is 84.2 cm³/mol. The largest absolute Gasteiger partial charge is 0.453 e. The van der Waals surface area contributed by atoms with Gasteiger partial charge in [0.1, 0.15) is 0 Å². The second-order valence-electron chi connectivity index (χ2n) is 5.94. The molecule has 0 atom stereocenters. The Labute approximate surface area is 190 Å². The van der Waals surface area contributed by atoms with Crippen LogP contribution < -0.4 is 0 Å². The van der Waals surface area contributed by atoms with E-state index in [9.17, 15) is 71.9 Å². The molecule has 8 nitrogen and oxygen atoms in total. The molecule has 0 aromatic carbocycles. The second-order valence-corrected chi connectivity index (χ2v) is 5.94. The molecule has 0 N–H and O–H groups in total. The van der Waals surface area contributed by atoms with E-state index in [0.717, 1.165) is 0 Å². The van der Waals surface area contributed by atoms with E-state index in [4.69, 9.17) is 0 Å². The molecule has 0 saturated carbocycles. The molecule has 0 saturated heterocycles. The summed E-state index contributed by atoms with van der Waals surface area (Å²) < 4.78 is 161. The fourth-order valence-electron chi connectivity index (χ4n) is 1.57. The Balaban J connectivity index is 6.42. The third-order valence-electron chi connectivity index (χ3n) is 2.74. The van der Waals surface area contributed by atoms with Gasteiger partial charge in [0.05, 0.1) is 11.1 Å². The number of hydrogen-bond donors (Lipinski definition) is 0. The van der Waals surface area contributed by atoms with Gasteiger partial charge in [-0.3, -0.25) is 0 Å². The molecule has 0 fully saturated rings. The molecule has 0 aromatic rings. The summed E-state index contributed by atoms with van der Waals surface area (Å²) in [6.45, 7) is -9.74. The van der Waals surface area contributed by atoms with Gasteiger partial charge in [-0.2, -0.15) is 52.7 Å². The van der Waals surface area contributed by atoms with E-state index in [2.05, 4.69) is 18.9 Å². The SMILES string of the molecule is O=C(C=C(C(=O)OCC(F)(F)F)C(=CC(=O)OCC(F)(F)F)C(=O)OCC(F)(F)F)OCC(F)(F)F. The number of hydrogen-bond acceptors (Lipinski definition) is 8. The van der Waals surface area contributed by atoms with Crippen LogP contribution in [0.15, 0.2) is 23.3 Å². The Morgan fingerprint density at radius 3 is 0.889 bits per heavy atom. The molecule has 20 heteroatoms. The van der Waals surface area contributed by atoms with Crippen molar-refractivity contribution in [1.82, 2.24) is 0 Å². The van der Waals surface area contributed by atoms with Crippen LogP contribution in [0.25, 0.3) is 0 Å². The highest BCUT2D eigenvalue weighted by Crippen LogP contribution is 2.22. The number of alkyl halides is 12. The van der Waals surface area contributed by atoms with Gasteiger partial charge in [0.2, 0.25) is 0 Å². The maximum Gasteiger partial charge on any atom is 0.422 e. The monoisotopic (exact) mass is 558 g/mol. The highest BCUT2D eigenvalue weighted by atomic mass is 19.4. The van der Waals surface area contributed by atoms with Gasteiger partial charge in [-0.05, 0) is 0 Å². The van der Waals surface area contributed by atoms with Crippen LogP contribution in [0.3, 0.4) is 0 Å². The summed E-state index contributed by atoms with van der Waals surface area (Å²) >= 11 is 0. The molecular formula is C16H10F12O8. The first-order valence-electron chi connectivity index (χ1n) is 8.37. The van der Waals surface area contributed by atoms with E-state index in [1.807, 2.05) is 0 Å². The van der Waals surface area contributed by atoms with Gasteiger partial charge in [0, 0.05) is 12.2 Å². The first-order valence-corrected chi connectivity index (χ1v) is 8.37. The highest BCUT2D eigenvalue weighted by Gasteiger charge is 2.36. The summed E-state index contributed by atoms with van der Waals surface area (Å²) in [5.41, 5.74) is -3.91. The Hall–Kier alpha value is -3.48. The summed E-state index contributed by atoms with van der Waals surface area (Å²) in [5, 5.41) is 0. The molecule has 0 unspecified atom stereocenters. The lowest BCUT2D eigenvalue weighted by molar-refractivity contribution is -0.185. The van der Waals surface area contributed by atoms with Crippen LogP contribution in [-0.4, -0.2) is 75.0 Å². The van der Waals surface area contributed by atoms with E-state index in [0.29, 0.717) is 0 Å². The van der Waals surface area contributed by atoms with Crippen molar-refractivity contribution in [3.8, 4) is 0 Å². The van der Waals surface area contributed by atoms with Crippen molar-refractivity contribution in [3.63, 3.8) is 0 Å². The molecule has 0 aliphatic rings. The van der Waals surface area contributed by atoms with Gasteiger partial charge in [0.15, 0.2) is 26.4 Å². The van der Waals surface area contributed by atoms with Gasteiger partial charge in [-0.1, -0.05) is 0 Å². The van der Waals surface area contributed by atoms with E-state index in [1.54, 1.807) is 0 Å². The number of halogens is 12. The minimum atomic E-state index is -5.30. The second kappa shape index (κ2) is 12.5. The summed E-state index contributed by atoms with van der Waals surface area (Å²) in [5.74, 6) is -9.45. The average Bonchev–Trinajstić information content (AvgIpc) is 2.67. The van der Waals surface area contributed by atoms with E-state index in [1.165, 1.54) is 0 Å². The molecule has 0 aliphatic carbocycles. The molecule has 0 radical (unpaired) electrons. The van der Waals surface area contributed by atoms with E-state index in [-0.39, 0.29) is 0 Å². The summed E-state index contributed by atoms with van der Waals surface area (Å²) in [6.07, 6.45) is -22.0. The number of esters is 4.